The molecule has 0 atom stereocenters. The van der Waals surface area contributed by atoms with Crippen molar-refractivity contribution >= 4 is 0 Å². The quantitative estimate of drug-likeness (QED) is 0.213. The molecule has 0 radical (unpaired) electrons. The first-order valence-corrected chi connectivity index (χ1v) is 15.5. The van der Waals surface area contributed by atoms with E-state index in [0.717, 1.165) is 48.5 Å². The van der Waals surface area contributed by atoms with E-state index in [2.05, 4.69) is 23.0 Å². The third kappa shape index (κ3) is 9.61. The summed E-state index contributed by atoms with van der Waals surface area (Å²) in [6.07, 6.45) is 26.8. The van der Waals surface area contributed by atoms with Crippen molar-refractivity contribution in [3.8, 4) is 22.9 Å². The van der Waals surface area contributed by atoms with Crippen molar-refractivity contribution in [3.63, 3.8) is 0 Å². The summed E-state index contributed by atoms with van der Waals surface area (Å²) in [6.45, 7) is 3.83. The molecule has 0 N–H and O–H groups in total. The Labute approximate surface area is 226 Å². The van der Waals surface area contributed by atoms with Crippen molar-refractivity contribution in [1.82, 2.24) is 9.97 Å². The lowest BCUT2D eigenvalue weighted by Crippen LogP contribution is -2.20. The summed E-state index contributed by atoms with van der Waals surface area (Å²) in [7, 11) is 0. The van der Waals surface area contributed by atoms with Gasteiger partial charge in [0.15, 0.2) is 11.6 Å². The highest BCUT2D eigenvalue weighted by molar-refractivity contribution is 5.63. The highest BCUT2D eigenvalue weighted by Crippen LogP contribution is 2.34. The van der Waals surface area contributed by atoms with Crippen LogP contribution in [0, 0.1) is 17.8 Å². The van der Waals surface area contributed by atoms with Crippen molar-refractivity contribution in [1.29, 1.82) is 0 Å². The van der Waals surface area contributed by atoms with Gasteiger partial charge in [0.2, 0.25) is 0 Å². The summed E-state index contributed by atoms with van der Waals surface area (Å²) in [6, 6.07) is 8.18. The van der Waals surface area contributed by atoms with Gasteiger partial charge in [-0.05, 0) is 49.1 Å². The molecule has 1 aromatic heterocycles. The number of aromatic nitrogens is 2. The molecule has 0 saturated heterocycles. The largest absolute Gasteiger partial charge is 0.493 e. The minimum absolute atomic E-state index is 0.662. The van der Waals surface area contributed by atoms with Crippen molar-refractivity contribution in [2.24, 2.45) is 17.8 Å². The van der Waals surface area contributed by atoms with Gasteiger partial charge in [-0.2, -0.15) is 0 Å². The Morgan fingerprint density at radius 2 is 1.35 bits per heavy atom. The second kappa shape index (κ2) is 16.0. The van der Waals surface area contributed by atoms with Gasteiger partial charge in [-0.1, -0.05) is 109 Å². The second-order valence-electron chi connectivity index (χ2n) is 11.6. The van der Waals surface area contributed by atoms with Gasteiger partial charge in [-0.15, -0.1) is 0 Å². The number of hydrogen-bond donors (Lipinski definition) is 0. The maximum Gasteiger partial charge on any atom is 0.163 e. The van der Waals surface area contributed by atoms with E-state index in [1.165, 1.54) is 103 Å². The topological polar surface area (TPSA) is 44.2 Å². The molecule has 2 aliphatic rings. The summed E-state index contributed by atoms with van der Waals surface area (Å²) < 4.78 is 12.3. The molecule has 4 rings (SSSR count). The Hall–Kier alpha value is -2.10. The van der Waals surface area contributed by atoms with Gasteiger partial charge in [-0.25, -0.2) is 9.97 Å². The molecule has 37 heavy (non-hydrogen) atoms. The SMILES string of the molecule is CCCCCCC1CCC(COc2ccccc2-c2ncc(OCCCCCC3CCCC3)cn2)CC1. The summed E-state index contributed by atoms with van der Waals surface area (Å²) >= 11 is 0. The molecular formula is C33H50N2O2. The van der Waals surface area contributed by atoms with Crippen LogP contribution in [0.3, 0.4) is 0 Å². The van der Waals surface area contributed by atoms with Crippen LogP contribution in [0.4, 0.5) is 0 Å². The van der Waals surface area contributed by atoms with Crippen LogP contribution >= 0.6 is 0 Å². The van der Waals surface area contributed by atoms with Crippen molar-refractivity contribution in [2.75, 3.05) is 13.2 Å². The lowest BCUT2D eigenvalue weighted by molar-refractivity contribution is 0.178. The average molecular weight is 507 g/mol. The average Bonchev–Trinajstić information content (AvgIpc) is 3.47. The maximum absolute atomic E-state index is 6.34. The van der Waals surface area contributed by atoms with Crippen LogP contribution in [0.1, 0.15) is 116 Å². The lowest BCUT2D eigenvalue weighted by atomic mass is 9.80. The predicted molar refractivity (Wildman–Crippen MR) is 153 cm³/mol. The lowest BCUT2D eigenvalue weighted by Gasteiger charge is -2.28. The van der Waals surface area contributed by atoms with E-state index in [1.807, 2.05) is 18.2 Å². The van der Waals surface area contributed by atoms with Gasteiger partial charge >= 0.3 is 0 Å². The highest BCUT2D eigenvalue weighted by Gasteiger charge is 2.22. The molecule has 2 aliphatic carbocycles. The first-order valence-electron chi connectivity index (χ1n) is 15.5. The van der Waals surface area contributed by atoms with Crippen molar-refractivity contribution in [3.05, 3.63) is 36.7 Å². The van der Waals surface area contributed by atoms with Crippen molar-refractivity contribution in [2.45, 2.75) is 116 Å². The number of rotatable bonds is 16. The Morgan fingerprint density at radius 3 is 2.08 bits per heavy atom. The van der Waals surface area contributed by atoms with Gasteiger partial charge in [0, 0.05) is 0 Å². The van der Waals surface area contributed by atoms with Gasteiger partial charge < -0.3 is 9.47 Å². The molecule has 4 nitrogen and oxygen atoms in total. The van der Waals surface area contributed by atoms with E-state index >= 15 is 0 Å². The minimum atomic E-state index is 0.662. The number of hydrogen-bond acceptors (Lipinski definition) is 4. The molecule has 0 amide bonds. The number of ether oxygens (including phenoxy) is 2. The molecule has 2 saturated carbocycles. The van der Waals surface area contributed by atoms with Crippen LogP contribution in [0.5, 0.6) is 11.5 Å². The van der Waals surface area contributed by atoms with Crippen LogP contribution in [0.15, 0.2) is 36.7 Å². The van der Waals surface area contributed by atoms with Crippen LogP contribution in [0.25, 0.3) is 11.4 Å². The summed E-state index contributed by atoms with van der Waals surface area (Å²) in [5.74, 6) is 4.94. The van der Waals surface area contributed by atoms with E-state index in [9.17, 15) is 0 Å². The number of nitrogens with zero attached hydrogens (tertiary/aromatic N) is 2. The van der Waals surface area contributed by atoms with Crippen LogP contribution in [0.2, 0.25) is 0 Å². The van der Waals surface area contributed by atoms with E-state index in [0.29, 0.717) is 11.7 Å². The number of benzene rings is 1. The Morgan fingerprint density at radius 1 is 0.703 bits per heavy atom. The fourth-order valence-electron chi connectivity index (χ4n) is 6.26. The molecule has 2 fully saturated rings. The van der Waals surface area contributed by atoms with Crippen molar-refractivity contribution < 1.29 is 9.47 Å². The Kier molecular flexibility index (Phi) is 12.1. The van der Waals surface area contributed by atoms with Gasteiger partial charge in [-0.3, -0.25) is 0 Å². The van der Waals surface area contributed by atoms with E-state index in [-0.39, 0.29) is 0 Å². The third-order valence-corrected chi connectivity index (χ3v) is 8.66. The molecule has 2 aromatic rings. The molecule has 0 spiro atoms. The zero-order valence-electron chi connectivity index (χ0n) is 23.3. The molecule has 0 bridgehead atoms. The standard InChI is InChI=1S/C33H50N2O2/c1-2-3-4-6-14-28-19-21-29(22-20-28)26-37-32-18-11-10-17-31(32)33-34-24-30(25-35-33)36-23-12-5-7-13-27-15-8-9-16-27/h10-11,17-18,24-25,27-29H,2-9,12-16,19-23,26H2,1H3. The fourth-order valence-corrected chi connectivity index (χ4v) is 6.26. The smallest absolute Gasteiger partial charge is 0.163 e. The minimum Gasteiger partial charge on any atom is -0.493 e. The number of unbranched alkanes of at least 4 members (excludes halogenated alkanes) is 5. The van der Waals surface area contributed by atoms with Crippen LogP contribution < -0.4 is 9.47 Å². The maximum atomic E-state index is 6.34. The zero-order valence-corrected chi connectivity index (χ0v) is 23.3. The molecule has 4 heteroatoms. The predicted octanol–water partition coefficient (Wildman–Crippen LogP) is 9.43. The molecule has 0 unspecified atom stereocenters. The van der Waals surface area contributed by atoms with E-state index in [4.69, 9.17) is 9.47 Å². The number of para-hydroxylation sites is 1. The molecular weight excluding hydrogens is 456 g/mol. The normalized spacial score (nSPS) is 20.2. The van der Waals surface area contributed by atoms with Gasteiger partial charge in [0.1, 0.15) is 5.75 Å². The molecule has 204 valence electrons. The fraction of sp³-hybridized carbons (Fsp3) is 0.697. The summed E-state index contributed by atoms with van der Waals surface area (Å²) in [5.41, 5.74) is 0.963. The van der Waals surface area contributed by atoms with Gasteiger partial charge in [0.05, 0.1) is 31.2 Å². The van der Waals surface area contributed by atoms with Crippen LogP contribution in [-0.2, 0) is 0 Å². The van der Waals surface area contributed by atoms with Gasteiger partial charge in [0.25, 0.3) is 0 Å². The van der Waals surface area contributed by atoms with E-state index in [1.54, 1.807) is 12.4 Å². The van der Waals surface area contributed by atoms with E-state index < -0.39 is 0 Å². The third-order valence-electron chi connectivity index (χ3n) is 8.66. The molecule has 1 aromatic carbocycles. The Balaban J connectivity index is 1.16. The molecule has 0 aliphatic heterocycles. The second-order valence-corrected chi connectivity index (χ2v) is 11.6. The van der Waals surface area contributed by atoms with Crippen LogP contribution in [-0.4, -0.2) is 23.2 Å². The molecule has 1 heterocycles. The summed E-state index contributed by atoms with van der Waals surface area (Å²) in [4.78, 5) is 9.21. The first-order chi connectivity index (χ1) is 18.3. The zero-order chi connectivity index (χ0) is 25.5. The Bertz CT molecular complexity index is 870. The first kappa shape index (κ1) is 27.9. The highest BCUT2D eigenvalue weighted by atomic mass is 16.5. The monoisotopic (exact) mass is 506 g/mol. The summed E-state index contributed by atoms with van der Waals surface area (Å²) in [5, 5.41) is 0.